The van der Waals surface area contributed by atoms with Crippen molar-refractivity contribution in [3.05, 3.63) is 36.0 Å². The van der Waals surface area contributed by atoms with Gasteiger partial charge in [0.05, 0.1) is 19.0 Å². The molecule has 3 aromatic rings. The first-order chi connectivity index (χ1) is 10.8. The number of ether oxygens (including phenoxy) is 1. The van der Waals surface area contributed by atoms with Crippen LogP contribution in [0.1, 0.15) is 5.82 Å². The molecule has 6 nitrogen and oxygen atoms in total. The van der Waals surface area contributed by atoms with E-state index >= 15 is 0 Å². The lowest BCUT2D eigenvalue weighted by molar-refractivity contribution is -0.145. The van der Waals surface area contributed by atoms with Crippen LogP contribution < -0.4 is 10.5 Å². The number of fused-ring (bicyclic) bond motifs is 1. The summed E-state index contributed by atoms with van der Waals surface area (Å²) in [6.45, 7) is 0. The molecule has 23 heavy (non-hydrogen) atoms. The second kappa shape index (κ2) is 5.07. The smallest absolute Gasteiger partial charge is 0.450 e. The van der Waals surface area contributed by atoms with Gasteiger partial charge in [-0.1, -0.05) is 0 Å². The zero-order valence-corrected chi connectivity index (χ0v) is 11.6. The Labute approximate surface area is 126 Å². The highest BCUT2D eigenvalue weighted by Crippen LogP contribution is 2.34. The van der Waals surface area contributed by atoms with Gasteiger partial charge in [-0.2, -0.15) is 13.2 Å². The number of aromatic nitrogens is 4. The number of nitrogens with two attached hydrogens (primary N) is 1. The molecule has 10 heteroatoms. The highest BCUT2D eigenvalue weighted by molar-refractivity contribution is 5.71. The van der Waals surface area contributed by atoms with Gasteiger partial charge >= 0.3 is 6.18 Å². The fourth-order valence-corrected chi connectivity index (χ4v) is 2.08. The third-order valence-electron chi connectivity index (χ3n) is 3.04. The first-order valence-electron chi connectivity index (χ1n) is 6.23. The van der Waals surface area contributed by atoms with Gasteiger partial charge in [0.1, 0.15) is 11.6 Å². The van der Waals surface area contributed by atoms with Crippen LogP contribution in [0, 0.1) is 5.82 Å². The second-order valence-corrected chi connectivity index (χ2v) is 4.53. The standard InChI is InChI=1S/C13H9F4N5O/c1-23-6-2-3-8(7(14)4-6)22-11-10(20-9(18)5-19-11)21-12(22)13(15,16)17/h2-5H,1H3,(H2,18,20). The lowest BCUT2D eigenvalue weighted by atomic mass is 10.2. The van der Waals surface area contributed by atoms with Gasteiger partial charge in [-0.05, 0) is 12.1 Å². The molecule has 0 saturated carbocycles. The Kier molecular flexibility index (Phi) is 3.31. The first kappa shape index (κ1) is 15.0. The molecule has 2 N–H and O–H groups in total. The van der Waals surface area contributed by atoms with Crippen molar-refractivity contribution in [3.8, 4) is 11.4 Å². The van der Waals surface area contributed by atoms with Crippen molar-refractivity contribution in [1.29, 1.82) is 0 Å². The van der Waals surface area contributed by atoms with Gasteiger partial charge in [0, 0.05) is 6.07 Å². The van der Waals surface area contributed by atoms with E-state index in [1.807, 2.05) is 0 Å². The van der Waals surface area contributed by atoms with Crippen LogP contribution in [-0.4, -0.2) is 26.6 Å². The van der Waals surface area contributed by atoms with Gasteiger partial charge in [0.2, 0.25) is 5.82 Å². The van der Waals surface area contributed by atoms with E-state index in [1.54, 1.807) is 0 Å². The number of nitrogens with zero attached hydrogens (tertiary/aromatic N) is 4. The molecular weight excluding hydrogens is 318 g/mol. The largest absolute Gasteiger partial charge is 0.497 e. The molecule has 0 saturated heterocycles. The summed E-state index contributed by atoms with van der Waals surface area (Å²) in [5.41, 5.74) is 4.45. The molecule has 2 heterocycles. The molecule has 0 unspecified atom stereocenters. The molecule has 0 bridgehead atoms. The van der Waals surface area contributed by atoms with Crippen molar-refractivity contribution in [1.82, 2.24) is 19.5 Å². The quantitative estimate of drug-likeness (QED) is 0.732. The summed E-state index contributed by atoms with van der Waals surface area (Å²) in [6.07, 6.45) is -3.76. The zero-order chi connectivity index (χ0) is 16.8. The number of benzene rings is 1. The number of alkyl halides is 3. The second-order valence-electron chi connectivity index (χ2n) is 4.53. The lowest BCUT2D eigenvalue weighted by Crippen LogP contribution is -2.15. The van der Waals surface area contributed by atoms with Crippen LogP contribution in [0.2, 0.25) is 0 Å². The maximum Gasteiger partial charge on any atom is 0.450 e. The Balaban J connectivity index is 2.35. The van der Waals surface area contributed by atoms with E-state index in [0.29, 0.717) is 4.57 Å². The van der Waals surface area contributed by atoms with Gasteiger partial charge < -0.3 is 10.5 Å². The van der Waals surface area contributed by atoms with E-state index in [0.717, 1.165) is 18.3 Å². The molecule has 0 atom stereocenters. The highest BCUT2D eigenvalue weighted by atomic mass is 19.4. The minimum absolute atomic E-state index is 0.0916. The number of anilines is 1. The molecule has 3 rings (SSSR count). The number of imidazole rings is 1. The van der Waals surface area contributed by atoms with E-state index < -0.39 is 17.8 Å². The minimum atomic E-state index is -4.83. The Morgan fingerprint density at radius 3 is 2.57 bits per heavy atom. The van der Waals surface area contributed by atoms with E-state index in [2.05, 4.69) is 15.0 Å². The van der Waals surface area contributed by atoms with E-state index in [4.69, 9.17) is 10.5 Å². The molecule has 1 aromatic carbocycles. The molecule has 0 aliphatic carbocycles. The Hall–Kier alpha value is -2.91. The number of methoxy groups -OCH3 is 1. The summed E-state index contributed by atoms with van der Waals surface area (Å²) in [6, 6.07) is 3.43. The monoisotopic (exact) mass is 327 g/mol. The van der Waals surface area contributed by atoms with Crippen molar-refractivity contribution in [2.45, 2.75) is 6.18 Å². The minimum Gasteiger partial charge on any atom is -0.497 e. The molecule has 0 amide bonds. The normalized spacial score (nSPS) is 11.9. The molecule has 0 aliphatic rings. The number of hydrogen-bond acceptors (Lipinski definition) is 5. The van der Waals surface area contributed by atoms with Crippen LogP contribution in [0.15, 0.2) is 24.4 Å². The van der Waals surface area contributed by atoms with Crippen molar-refractivity contribution in [2.75, 3.05) is 12.8 Å². The number of rotatable bonds is 2. The van der Waals surface area contributed by atoms with Crippen LogP contribution in [0.3, 0.4) is 0 Å². The van der Waals surface area contributed by atoms with E-state index in [9.17, 15) is 17.6 Å². The van der Waals surface area contributed by atoms with Gasteiger partial charge in [-0.3, -0.25) is 4.57 Å². The predicted octanol–water partition coefficient (Wildman–Crippen LogP) is 2.56. The summed E-state index contributed by atoms with van der Waals surface area (Å²) in [4.78, 5) is 10.9. The fourth-order valence-electron chi connectivity index (χ4n) is 2.08. The average molecular weight is 327 g/mol. The summed E-state index contributed by atoms with van der Waals surface area (Å²) in [5.74, 6) is -2.19. The lowest BCUT2D eigenvalue weighted by Gasteiger charge is -2.12. The van der Waals surface area contributed by atoms with E-state index in [1.165, 1.54) is 13.2 Å². The number of hydrogen-bond donors (Lipinski definition) is 1. The molecule has 2 aromatic heterocycles. The van der Waals surface area contributed by atoms with Crippen molar-refractivity contribution < 1.29 is 22.3 Å². The zero-order valence-electron chi connectivity index (χ0n) is 11.6. The Morgan fingerprint density at radius 2 is 1.96 bits per heavy atom. The first-order valence-corrected chi connectivity index (χ1v) is 6.23. The van der Waals surface area contributed by atoms with Crippen LogP contribution in [-0.2, 0) is 6.18 Å². The van der Waals surface area contributed by atoms with Gasteiger partial charge in [0.25, 0.3) is 0 Å². The molecule has 0 spiro atoms. The SMILES string of the molecule is COc1ccc(-n2c(C(F)(F)F)nc3nc(N)cnc32)c(F)c1. The van der Waals surface area contributed by atoms with Gasteiger partial charge in [-0.15, -0.1) is 0 Å². The van der Waals surface area contributed by atoms with Gasteiger partial charge in [0.15, 0.2) is 17.1 Å². The van der Waals surface area contributed by atoms with Crippen LogP contribution in [0.25, 0.3) is 17.0 Å². The molecule has 0 fully saturated rings. The summed E-state index contributed by atoms with van der Waals surface area (Å²) >= 11 is 0. The Bertz CT molecular complexity index is 890. The summed E-state index contributed by atoms with van der Waals surface area (Å²) in [5, 5.41) is 0. The summed E-state index contributed by atoms with van der Waals surface area (Å²) in [7, 11) is 1.32. The summed E-state index contributed by atoms with van der Waals surface area (Å²) < 4.78 is 59.3. The van der Waals surface area contributed by atoms with Crippen LogP contribution in [0.4, 0.5) is 23.4 Å². The maximum atomic E-state index is 14.2. The third kappa shape index (κ3) is 2.51. The van der Waals surface area contributed by atoms with Crippen LogP contribution in [0.5, 0.6) is 5.75 Å². The third-order valence-corrected chi connectivity index (χ3v) is 3.04. The number of nitrogen functional groups attached to an aromatic ring is 1. The fraction of sp³-hybridized carbons (Fsp3) is 0.154. The van der Waals surface area contributed by atoms with Crippen molar-refractivity contribution in [2.24, 2.45) is 0 Å². The average Bonchev–Trinajstić information content (AvgIpc) is 2.85. The Morgan fingerprint density at radius 1 is 1.22 bits per heavy atom. The highest BCUT2D eigenvalue weighted by Gasteiger charge is 2.39. The van der Waals surface area contributed by atoms with Crippen LogP contribution >= 0.6 is 0 Å². The van der Waals surface area contributed by atoms with Crippen molar-refractivity contribution in [3.63, 3.8) is 0 Å². The van der Waals surface area contributed by atoms with Gasteiger partial charge in [-0.25, -0.2) is 19.3 Å². The topological polar surface area (TPSA) is 78.8 Å². The maximum absolute atomic E-state index is 14.2. The molecule has 0 aliphatic heterocycles. The molecule has 0 radical (unpaired) electrons. The molecule has 120 valence electrons. The predicted molar refractivity (Wildman–Crippen MR) is 72.6 cm³/mol. The molecular formula is C13H9F4N5O. The number of halogens is 4. The van der Waals surface area contributed by atoms with E-state index in [-0.39, 0.29) is 28.5 Å². The van der Waals surface area contributed by atoms with Crippen molar-refractivity contribution >= 4 is 17.1 Å².